The van der Waals surface area contributed by atoms with Crippen molar-refractivity contribution in [3.8, 4) is 11.5 Å². The van der Waals surface area contributed by atoms with Gasteiger partial charge in [-0.05, 0) is 36.8 Å². The summed E-state index contributed by atoms with van der Waals surface area (Å²) in [5.74, 6) is 0.767. The van der Waals surface area contributed by atoms with Crippen molar-refractivity contribution in [3.05, 3.63) is 61.0 Å². The summed E-state index contributed by atoms with van der Waals surface area (Å²) < 4.78 is 7.28. The van der Waals surface area contributed by atoms with Gasteiger partial charge in [-0.3, -0.25) is 10.1 Å². The zero-order valence-corrected chi connectivity index (χ0v) is 13.1. The quantitative estimate of drug-likeness (QED) is 0.536. The number of ether oxygens (including phenoxy) is 1. The van der Waals surface area contributed by atoms with E-state index in [0.717, 1.165) is 14.5 Å². The molecule has 0 aliphatic heterocycles. The summed E-state index contributed by atoms with van der Waals surface area (Å²) in [5, 5.41) is 10.9. The summed E-state index contributed by atoms with van der Waals surface area (Å²) in [6.45, 7) is 1.92. The molecule has 0 aliphatic rings. The highest BCUT2D eigenvalue weighted by atomic mass is 79.9. The monoisotopic (exact) mass is 385 g/mol. The highest BCUT2D eigenvalue weighted by Crippen LogP contribution is 2.34. The Morgan fingerprint density at radius 2 is 1.89 bits per heavy atom. The van der Waals surface area contributed by atoms with Gasteiger partial charge in [-0.2, -0.15) is 0 Å². The van der Waals surface area contributed by atoms with Crippen molar-refractivity contribution >= 4 is 37.5 Å². The third-order valence-electron chi connectivity index (χ3n) is 2.48. The number of hydrogen-bond acceptors (Lipinski definition) is 3. The minimum Gasteiger partial charge on any atom is -0.450 e. The molecule has 0 bridgehead atoms. The maximum absolute atomic E-state index is 10.9. The first kappa shape index (κ1) is 14.0. The molecule has 0 saturated carbocycles. The van der Waals surface area contributed by atoms with E-state index < -0.39 is 4.92 Å². The maximum atomic E-state index is 10.9. The largest absolute Gasteiger partial charge is 0.450 e. The van der Waals surface area contributed by atoms with Gasteiger partial charge in [0.2, 0.25) is 5.75 Å². The van der Waals surface area contributed by atoms with Crippen LogP contribution < -0.4 is 4.74 Å². The third-order valence-corrected chi connectivity index (χ3v) is 3.86. The van der Waals surface area contributed by atoms with Crippen LogP contribution in [0.5, 0.6) is 11.5 Å². The van der Waals surface area contributed by atoms with Gasteiger partial charge in [0.15, 0.2) is 0 Å². The van der Waals surface area contributed by atoms with E-state index in [1.165, 1.54) is 6.07 Å². The second-order valence-electron chi connectivity index (χ2n) is 3.88. The summed E-state index contributed by atoms with van der Waals surface area (Å²) in [6.07, 6.45) is 0. The molecular formula is C13H9Br2NO3. The molecule has 0 aromatic heterocycles. The van der Waals surface area contributed by atoms with Crippen molar-refractivity contribution in [1.29, 1.82) is 0 Å². The van der Waals surface area contributed by atoms with Gasteiger partial charge in [0, 0.05) is 21.1 Å². The smallest absolute Gasteiger partial charge is 0.311 e. The van der Waals surface area contributed by atoms with Crippen LogP contribution in [0.1, 0.15) is 5.56 Å². The van der Waals surface area contributed by atoms with Gasteiger partial charge in [-0.25, -0.2) is 0 Å². The van der Waals surface area contributed by atoms with Gasteiger partial charge >= 0.3 is 5.69 Å². The molecule has 4 nitrogen and oxygen atoms in total. The van der Waals surface area contributed by atoms with E-state index in [1.807, 2.05) is 19.1 Å². The average Bonchev–Trinajstić information content (AvgIpc) is 2.33. The van der Waals surface area contributed by atoms with E-state index in [2.05, 4.69) is 31.9 Å². The lowest BCUT2D eigenvalue weighted by atomic mass is 10.2. The molecule has 98 valence electrons. The first-order valence-corrected chi connectivity index (χ1v) is 6.94. The Kier molecular flexibility index (Phi) is 4.21. The summed E-state index contributed by atoms with van der Waals surface area (Å²) >= 11 is 6.67. The Morgan fingerprint density at radius 3 is 2.53 bits per heavy atom. The number of halogens is 2. The van der Waals surface area contributed by atoms with Crippen molar-refractivity contribution in [3.63, 3.8) is 0 Å². The highest BCUT2D eigenvalue weighted by Gasteiger charge is 2.16. The van der Waals surface area contributed by atoms with Crippen molar-refractivity contribution in [2.45, 2.75) is 6.92 Å². The van der Waals surface area contributed by atoms with Crippen LogP contribution in [0.2, 0.25) is 0 Å². The fourth-order valence-corrected chi connectivity index (χ4v) is 2.11. The van der Waals surface area contributed by atoms with Gasteiger partial charge in [0.05, 0.1) is 4.92 Å². The van der Waals surface area contributed by atoms with Crippen LogP contribution >= 0.6 is 31.9 Å². The van der Waals surface area contributed by atoms with E-state index >= 15 is 0 Å². The molecule has 0 aliphatic carbocycles. The Bertz CT molecular complexity index is 644. The topological polar surface area (TPSA) is 52.4 Å². The molecule has 0 unspecified atom stereocenters. The van der Waals surface area contributed by atoms with Crippen LogP contribution in [-0.2, 0) is 0 Å². The molecule has 2 aromatic carbocycles. The summed E-state index contributed by atoms with van der Waals surface area (Å²) in [4.78, 5) is 10.5. The predicted molar refractivity (Wildman–Crippen MR) is 79.7 cm³/mol. The molecule has 0 heterocycles. The molecular weight excluding hydrogens is 378 g/mol. The number of nitro groups is 1. The Balaban J connectivity index is 2.39. The van der Waals surface area contributed by atoms with Gasteiger partial charge in [-0.1, -0.05) is 31.9 Å². The fraction of sp³-hybridized carbons (Fsp3) is 0.0769. The fourth-order valence-electron chi connectivity index (χ4n) is 1.53. The first-order valence-electron chi connectivity index (χ1n) is 5.35. The first-order chi connectivity index (χ1) is 8.97. The lowest BCUT2D eigenvalue weighted by molar-refractivity contribution is -0.385. The summed E-state index contributed by atoms with van der Waals surface area (Å²) in [6, 6.07) is 10.0. The van der Waals surface area contributed by atoms with E-state index in [-0.39, 0.29) is 11.4 Å². The Hall–Kier alpha value is -1.40. The number of nitrogens with zero attached hydrogens (tertiary/aromatic N) is 1. The molecule has 2 rings (SSSR count). The van der Waals surface area contributed by atoms with Crippen LogP contribution in [0.15, 0.2) is 45.3 Å². The summed E-state index contributed by atoms with van der Waals surface area (Å²) in [5.41, 5.74) is 0.930. The van der Waals surface area contributed by atoms with Gasteiger partial charge in [0.25, 0.3) is 0 Å². The zero-order valence-electron chi connectivity index (χ0n) is 9.89. The average molecular weight is 387 g/mol. The molecule has 0 saturated heterocycles. The summed E-state index contributed by atoms with van der Waals surface area (Å²) in [7, 11) is 0. The van der Waals surface area contributed by atoms with Crippen LogP contribution in [0, 0.1) is 17.0 Å². The van der Waals surface area contributed by atoms with Crippen molar-refractivity contribution < 1.29 is 9.66 Å². The van der Waals surface area contributed by atoms with Crippen LogP contribution in [0.25, 0.3) is 0 Å². The van der Waals surface area contributed by atoms with E-state index in [0.29, 0.717) is 5.75 Å². The molecule has 0 fully saturated rings. The molecule has 19 heavy (non-hydrogen) atoms. The zero-order chi connectivity index (χ0) is 14.0. The number of rotatable bonds is 3. The number of benzene rings is 2. The van der Waals surface area contributed by atoms with Crippen molar-refractivity contribution in [2.24, 2.45) is 0 Å². The normalized spacial score (nSPS) is 10.3. The van der Waals surface area contributed by atoms with Crippen LogP contribution in [0.3, 0.4) is 0 Å². The van der Waals surface area contributed by atoms with Crippen molar-refractivity contribution in [2.75, 3.05) is 0 Å². The molecule has 2 aromatic rings. The number of aryl methyl sites for hydroxylation is 1. The SMILES string of the molecule is Cc1cc(Oc2cc(Br)ccc2[N+](=O)[O-])ccc1Br. The van der Waals surface area contributed by atoms with Crippen molar-refractivity contribution in [1.82, 2.24) is 0 Å². The van der Waals surface area contributed by atoms with E-state index in [4.69, 9.17) is 4.74 Å². The van der Waals surface area contributed by atoms with Gasteiger partial charge < -0.3 is 4.74 Å². The maximum Gasteiger partial charge on any atom is 0.311 e. The van der Waals surface area contributed by atoms with Gasteiger partial charge in [0.1, 0.15) is 5.75 Å². The molecule has 0 spiro atoms. The number of hydrogen-bond donors (Lipinski definition) is 0. The minimum absolute atomic E-state index is 0.0660. The second kappa shape index (κ2) is 5.71. The predicted octanol–water partition coefficient (Wildman–Crippen LogP) is 5.22. The Labute approximate surface area is 126 Å². The minimum atomic E-state index is -0.465. The van der Waals surface area contributed by atoms with Crippen LogP contribution in [-0.4, -0.2) is 4.92 Å². The molecule has 0 atom stereocenters. The third kappa shape index (κ3) is 3.33. The van der Waals surface area contributed by atoms with E-state index in [9.17, 15) is 10.1 Å². The van der Waals surface area contributed by atoms with Crippen LogP contribution in [0.4, 0.5) is 5.69 Å². The molecule has 0 amide bonds. The van der Waals surface area contributed by atoms with E-state index in [1.54, 1.807) is 18.2 Å². The highest BCUT2D eigenvalue weighted by molar-refractivity contribution is 9.10. The lowest BCUT2D eigenvalue weighted by Crippen LogP contribution is -1.93. The standard InChI is InChI=1S/C13H9Br2NO3/c1-8-6-10(3-4-11(8)15)19-13-7-9(14)2-5-12(13)16(17)18/h2-7H,1H3. The molecule has 6 heteroatoms. The number of nitro benzene ring substituents is 1. The Morgan fingerprint density at radius 1 is 1.16 bits per heavy atom. The molecule has 0 N–H and O–H groups in total. The second-order valence-corrected chi connectivity index (χ2v) is 5.65. The molecule has 0 radical (unpaired) electrons. The van der Waals surface area contributed by atoms with Gasteiger partial charge in [-0.15, -0.1) is 0 Å². The lowest BCUT2D eigenvalue weighted by Gasteiger charge is -2.08.